The van der Waals surface area contributed by atoms with Crippen LogP contribution in [0.4, 0.5) is 0 Å². The maximum atomic E-state index is 10.6. The third-order valence-electron chi connectivity index (χ3n) is 5.31. The minimum absolute atomic E-state index is 0.0237. The van der Waals surface area contributed by atoms with Crippen LogP contribution in [-0.2, 0) is 12.5 Å². The van der Waals surface area contributed by atoms with Crippen molar-refractivity contribution < 1.29 is 9.52 Å². The molecule has 1 N–H and O–H groups in total. The minimum Gasteiger partial charge on any atom is -0.443 e. The van der Waals surface area contributed by atoms with Gasteiger partial charge < -0.3 is 14.1 Å². The molecule has 0 aliphatic carbocycles. The normalized spacial score (nSPS) is 19.9. The molecule has 138 valence electrons. The minimum atomic E-state index is -0.494. The monoisotopic (exact) mass is 346 g/mol. The maximum absolute atomic E-state index is 10.6. The number of rotatable bonds is 4. The fraction of sp³-hybridized carbons (Fsp3) is 0.684. The van der Waals surface area contributed by atoms with Crippen molar-refractivity contribution in [2.45, 2.75) is 58.1 Å². The van der Waals surface area contributed by atoms with E-state index < -0.39 is 6.10 Å². The lowest BCUT2D eigenvalue weighted by Gasteiger charge is -2.36. The molecule has 1 fully saturated rings. The number of nitrogens with zero attached hydrogens (tertiary/aromatic N) is 4. The molecule has 0 spiro atoms. The molecule has 0 radical (unpaired) electrons. The van der Waals surface area contributed by atoms with Gasteiger partial charge in [0.15, 0.2) is 0 Å². The SMILES string of the molecule is C[C@@H](c1ncc(C(C)(C)C)o1)N1CCC([C@@H](O)c2nccn2C)CC1. The first-order valence-electron chi connectivity index (χ1n) is 9.13. The van der Waals surface area contributed by atoms with Crippen LogP contribution in [-0.4, -0.2) is 37.6 Å². The standard InChI is InChI=1S/C19H30N4O2/c1-13(18-21-12-15(25-18)19(2,3)4)23-9-6-14(7-10-23)16(24)17-20-8-11-22(17)5/h8,11-14,16,24H,6-7,9-10H2,1-5H3/t13-,16+/m0/s1. The van der Waals surface area contributed by atoms with Gasteiger partial charge in [0.1, 0.15) is 17.7 Å². The number of aromatic nitrogens is 3. The Bertz CT molecular complexity index is 692. The molecule has 3 rings (SSSR count). The summed E-state index contributed by atoms with van der Waals surface area (Å²) < 4.78 is 7.90. The summed E-state index contributed by atoms with van der Waals surface area (Å²) in [5.41, 5.74) is -0.0237. The van der Waals surface area contributed by atoms with Crippen molar-refractivity contribution in [3.8, 4) is 0 Å². The molecular weight excluding hydrogens is 316 g/mol. The van der Waals surface area contributed by atoms with Crippen LogP contribution >= 0.6 is 0 Å². The summed E-state index contributed by atoms with van der Waals surface area (Å²) in [6, 6.07) is 0.155. The summed E-state index contributed by atoms with van der Waals surface area (Å²) in [6.45, 7) is 10.4. The maximum Gasteiger partial charge on any atom is 0.211 e. The molecule has 1 aliphatic heterocycles. The van der Waals surface area contributed by atoms with Crippen molar-refractivity contribution in [3.05, 3.63) is 36.1 Å². The highest BCUT2D eigenvalue weighted by Gasteiger charge is 2.32. The Morgan fingerprint density at radius 1 is 1.24 bits per heavy atom. The van der Waals surface area contributed by atoms with E-state index in [9.17, 15) is 5.11 Å². The highest BCUT2D eigenvalue weighted by molar-refractivity contribution is 5.07. The average Bonchev–Trinajstić information content (AvgIpc) is 3.22. The first-order chi connectivity index (χ1) is 11.8. The Balaban J connectivity index is 1.60. The van der Waals surface area contributed by atoms with Crippen molar-refractivity contribution in [1.29, 1.82) is 0 Å². The number of aliphatic hydroxyl groups excluding tert-OH is 1. The van der Waals surface area contributed by atoms with Crippen molar-refractivity contribution in [3.63, 3.8) is 0 Å². The highest BCUT2D eigenvalue weighted by atomic mass is 16.4. The summed E-state index contributed by atoms with van der Waals surface area (Å²) in [6.07, 6.45) is 6.88. The van der Waals surface area contributed by atoms with Gasteiger partial charge in [-0.25, -0.2) is 9.97 Å². The zero-order chi connectivity index (χ0) is 18.2. The number of aryl methyl sites for hydroxylation is 1. The van der Waals surface area contributed by atoms with Crippen LogP contribution in [0.5, 0.6) is 0 Å². The van der Waals surface area contributed by atoms with E-state index >= 15 is 0 Å². The number of imidazole rings is 1. The van der Waals surface area contributed by atoms with Gasteiger partial charge in [-0.3, -0.25) is 4.90 Å². The van der Waals surface area contributed by atoms with Crippen molar-refractivity contribution >= 4 is 0 Å². The van der Waals surface area contributed by atoms with Crippen molar-refractivity contribution in [2.24, 2.45) is 13.0 Å². The molecule has 6 heteroatoms. The molecule has 2 aromatic heterocycles. The summed E-state index contributed by atoms with van der Waals surface area (Å²) >= 11 is 0. The first-order valence-corrected chi connectivity index (χ1v) is 9.13. The number of hydrogen-bond donors (Lipinski definition) is 1. The second-order valence-corrected chi connectivity index (χ2v) is 8.20. The molecule has 0 bridgehead atoms. The van der Waals surface area contributed by atoms with E-state index in [1.165, 1.54) is 0 Å². The molecule has 0 unspecified atom stereocenters. The van der Waals surface area contributed by atoms with Gasteiger partial charge in [-0.15, -0.1) is 0 Å². The Morgan fingerprint density at radius 2 is 1.92 bits per heavy atom. The summed E-state index contributed by atoms with van der Waals surface area (Å²) in [5.74, 6) is 2.72. The van der Waals surface area contributed by atoms with Crippen LogP contribution < -0.4 is 0 Å². The molecule has 3 heterocycles. The quantitative estimate of drug-likeness (QED) is 0.921. The highest BCUT2D eigenvalue weighted by Crippen LogP contribution is 2.33. The summed E-state index contributed by atoms with van der Waals surface area (Å²) in [5, 5.41) is 10.6. The number of piperidine rings is 1. The number of likely N-dealkylation sites (tertiary alicyclic amines) is 1. The predicted molar refractivity (Wildman–Crippen MR) is 96.1 cm³/mol. The Kier molecular flexibility index (Phi) is 5.02. The van der Waals surface area contributed by atoms with Gasteiger partial charge in [0, 0.05) is 24.9 Å². The van der Waals surface area contributed by atoms with Gasteiger partial charge in [0.05, 0.1) is 12.2 Å². The first kappa shape index (κ1) is 18.1. The lowest BCUT2D eigenvalue weighted by Crippen LogP contribution is -2.37. The molecule has 1 aliphatic rings. The second kappa shape index (κ2) is 6.92. The molecule has 0 aromatic carbocycles. The van der Waals surface area contributed by atoms with Gasteiger partial charge >= 0.3 is 0 Å². The van der Waals surface area contributed by atoms with E-state index in [2.05, 4.69) is 42.6 Å². The molecule has 0 amide bonds. The molecule has 0 saturated carbocycles. The molecular formula is C19H30N4O2. The third kappa shape index (κ3) is 3.80. The number of oxazole rings is 1. The molecule has 1 saturated heterocycles. The van der Waals surface area contributed by atoms with Gasteiger partial charge in [-0.05, 0) is 38.8 Å². The number of aliphatic hydroxyl groups is 1. The van der Waals surface area contributed by atoms with E-state index in [1.807, 2.05) is 24.0 Å². The van der Waals surface area contributed by atoms with Crippen LogP contribution in [0.2, 0.25) is 0 Å². The van der Waals surface area contributed by atoms with E-state index in [0.717, 1.165) is 43.4 Å². The van der Waals surface area contributed by atoms with E-state index in [1.54, 1.807) is 6.20 Å². The molecule has 2 atom stereocenters. The van der Waals surface area contributed by atoms with Gasteiger partial charge in [-0.1, -0.05) is 20.8 Å². The van der Waals surface area contributed by atoms with Gasteiger partial charge in [0.2, 0.25) is 5.89 Å². The fourth-order valence-corrected chi connectivity index (χ4v) is 3.48. The van der Waals surface area contributed by atoms with E-state index in [-0.39, 0.29) is 17.4 Å². The van der Waals surface area contributed by atoms with Gasteiger partial charge in [0.25, 0.3) is 0 Å². The number of hydrogen-bond acceptors (Lipinski definition) is 5. The second-order valence-electron chi connectivity index (χ2n) is 8.20. The molecule has 6 nitrogen and oxygen atoms in total. The van der Waals surface area contributed by atoms with Gasteiger partial charge in [-0.2, -0.15) is 0 Å². The Hall–Kier alpha value is -1.66. The lowest BCUT2D eigenvalue weighted by molar-refractivity contribution is 0.0365. The summed E-state index contributed by atoms with van der Waals surface area (Å²) in [7, 11) is 1.93. The topological polar surface area (TPSA) is 67.3 Å². The zero-order valence-electron chi connectivity index (χ0n) is 15.9. The van der Waals surface area contributed by atoms with Crippen LogP contribution in [0, 0.1) is 5.92 Å². The van der Waals surface area contributed by atoms with Crippen molar-refractivity contribution in [2.75, 3.05) is 13.1 Å². The Morgan fingerprint density at radius 3 is 2.44 bits per heavy atom. The van der Waals surface area contributed by atoms with Crippen LogP contribution in [0.3, 0.4) is 0 Å². The molecule has 25 heavy (non-hydrogen) atoms. The third-order valence-corrected chi connectivity index (χ3v) is 5.31. The summed E-state index contributed by atoms with van der Waals surface area (Å²) in [4.78, 5) is 11.2. The van der Waals surface area contributed by atoms with E-state index in [0.29, 0.717) is 0 Å². The lowest BCUT2D eigenvalue weighted by atomic mass is 9.90. The van der Waals surface area contributed by atoms with Crippen LogP contribution in [0.25, 0.3) is 0 Å². The zero-order valence-corrected chi connectivity index (χ0v) is 15.9. The predicted octanol–water partition coefficient (Wildman–Crippen LogP) is 3.21. The van der Waals surface area contributed by atoms with E-state index in [4.69, 9.17) is 4.42 Å². The van der Waals surface area contributed by atoms with Crippen LogP contribution in [0.1, 0.15) is 70.2 Å². The largest absolute Gasteiger partial charge is 0.443 e. The van der Waals surface area contributed by atoms with Crippen LogP contribution in [0.15, 0.2) is 23.0 Å². The van der Waals surface area contributed by atoms with Crippen molar-refractivity contribution in [1.82, 2.24) is 19.4 Å². The molecule has 2 aromatic rings. The Labute approximate surface area is 149 Å². The average molecular weight is 346 g/mol. The fourth-order valence-electron chi connectivity index (χ4n) is 3.48. The smallest absolute Gasteiger partial charge is 0.211 e.